The van der Waals surface area contributed by atoms with Gasteiger partial charge in [0.05, 0.1) is 11.5 Å². The molecule has 0 amide bonds. The lowest BCUT2D eigenvalue weighted by molar-refractivity contribution is -0.552. The van der Waals surface area contributed by atoms with E-state index in [4.69, 9.17) is 4.74 Å². The van der Waals surface area contributed by atoms with Gasteiger partial charge in [0, 0.05) is 56.4 Å². The first-order chi connectivity index (χ1) is 18.2. The van der Waals surface area contributed by atoms with Gasteiger partial charge in [-0.25, -0.2) is 9.98 Å². The number of halogens is 3. The SMILES string of the molecule is CC1CN(c2ccc(CN[C@@H]3CN=C4OC([N+](=O)[O-])C=CN43)cn2)CCN1c1ccc(OC(F)(F)F)cc1. The maximum atomic E-state index is 12.4. The molecule has 3 aliphatic rings. The Morgan fingerprint density at radius 2 is 2.00 bits per heavy atom. The molecule has 0 bridgehead atoms. The Kier molecular flexibility index (Phi) is 6.97. The van der Waals surface area contributed by atoms with Crippen LogP contribution < -0.4 is 19.9 Å². The van der Waals surface area contributed by atoms with Gasteiger partial charge in [0.2, 0.25) is 0 Å². The molecule has 0 radical (unpaired) electrons. The summed E-state index contributed by atoms with van der Waals surface area (Å²) in [5.41, 5.74) is 1.81. The monoisotopic (exact) mass is 533 g/mol. The van der Waals surface area contributed by atoms with Crippen molar-refractivity contribution in [2.24, 2.45) is 4.99 Å². The van der Waals surface area contributed by atoms with Crippen LogP contribution in [0.15, 0.2) is 59.9 Å². The molecule has 2 unspecified atom stereocenters. The average molecular weight is 534 g/mol. The third-order valence-electron chi connectivity index (χ3n) is 6.51. The van der Waals surface area contributed by atoms with Crippen molar-refractivity contribution in [3.05, 3.63) is 70.5 Å². The van der Waals surface area contributed by atoms with Gasteiger partial charge >= 0.3 is 12.6 Å². The standard InChI is InChI=1S/C24H26F3N7O4/c1-16-15-31(10-11-32(16)18-3-5-19(6-4-18)38-24(25,26)27)20-7-2-17(12-28-20)13-29-21-14-30-23-33(21)9-8-22(37-23)34(35)36/h2-9,12,16,21-22,29H,10-11,13-15H2,1H3/t16?,21-,22?/m0/s1. The summed E-state index contributed by atoms with van der Waals surface area (Å²) in [5.74, 6) is 0.607. The van der Waals surface area contributed by atoms with Crippen molar-refractivity contribution in [1.29, 1.82) is 0 Å². The average Bonchev–Trinajstić information content (AvgIpc) is 3.30. The predicted molar refractivity (Wildman–Crippen MR) is 132 cm³/mol. The summed E-state index contributed by atoms with van der Waals surface area (Å²) in [6, 6.07) is 10.2. The molecule has 11 nitrogen and oxygen atoms in total. The molecule has 5 rings (SSSR count). The number of rotatable bonds is 7. The minimum absolute atomic E-state index is 0.118. The maximum Gasteiger partial charge on any atom is 0.573 e. The van der Waals surface area contributed by atoms with E-state index in [2.05, 4.69) is 36.8 Å². The number of alkyl halides is 3. The van der Waals surface area contributed by atoms with Crippen LogP contribution in [0, 0.1) is 10.1 Å². The van der Waals surface area contributed by atoms with E-state index in [1.807, 2.05) is 12.1 Å². The highest BCUT2D eigenvalue weighted by molar-refractivity contribution is 5.78. The second kappa shape index (κ2) is 10.4. The van der Waals surface area contributed by atoms with E-state index in [-0.39, 0.29) is 24.0 Å². The van der Waals surface area contributed by atoms with E-state index < -0.39 is 17.5 Å². The summed E-state index contributed by atoms with van der Waals surface area (Å²) < 4.78 is 46.5. The fourth-order valence-electron chi connectivity index (χ4n) is 4.66. The minimum atomic E-state index is -4.71. The number of hydrogen-bond donors (Lipinski definition) is 1. The number of hydrogen-bond acceptors (Lipinski definition) is 10. The summed E-state index contributed by atoms with van der Waals surface area (Å²) in [4.78, 5) is 25.3. The van der Waals surface area contributed by atoms with Gasteiger partial charge in [0.25, 0.3) is 6.02 Å². The number of ether oxygens (including phenoxy) is 2. The molecule has 3 atom stereocenters. The Hall–Kier alpha value is -4.07. The normalized spacial score (nSPS) is 23.1. The third-order valence-corrected chi connectivity index (χ3v) is 6.51. The Bertz CT molecular complexity index is 1210. The first-order valence-corrected chi connectivity index (χ1v) is 12.0. The molecule has 0 saturated carbocycles. The number of nitro groups is 1. The molecule has 14 heteroatoms. The van der Waals surface area contributed by atoms with Crippen LogP contribution in [-0.4, -0.2) is 71.8 Å². The van der Waals surface area contributed by atoms with E-state index in [1.54, 1.807) is 29.4 Å². The molecule has 1 fully saturated rings. The highest BCUT2D eigenvalue weighted by Gasteiger charge is 2.35. The van der Waals surface area contributed by atoms with Crippen LogP contribution in [0.1, 0.15) is 12.5 Å². The lowest BCUT2D eigenvalue weighted by Gasteiger charge is -2.41. The van der Waals surface area contributed by atoms with Gasteiger partial charge < -0.3 is 19.3 Å². The molecule has 0 aliphatic carbocycles. The Morgan fingerprint density at radius 3 is 2.66 bits per heavy atom. The molecule has 4 heterocycles. The zero-order chi connectivity index (χ0) is 26.9. The van der Waals surface area contributed by atoms with Gasteiger partial charge in [0.15, 0.2) is 0 Å². The number of anilines is 2. The molecule has 1 saturated heterocycles. The quantitative estimate of drug-likeness (QED) is 0.425. The van der Waals surface area contributed by atoms with Gasteiger partial charge in [-0.2, -0.15) is 0 Å². The van der Waals surface area contributed by atoms with Crippen LogP contribution in [0.2, 0.25) is 0 Å². The minimum Gasteiger partial charge on any atom is -0.406 e. The zero-order valence-electron chi connectivity index (χ0n) is 20.4. The second-order valence-electron chi connectivity index (χ2n) is 9.12. The lowest BCUT2D eigenvalue weighted by Crippen LogP contribution is -2.52. The fraction of sp³-hybridized carbons (Fsp3) is 0.417. The maximum absolute atomic E-state index is 12.4. The third kappa shape index (κ3) is 5.74. The molecular formula is C24H26F3N7O4. The Labute approximate surface area is 216 Å². The summed E-state index contributed by atoms with van der Waals surface area (Å²) in [7, 11) is 0. The number of benzene rings is 1. The van der Waals surface area contributed by atoms with Crippen molar-refractivity contribution in [1.82, 2.24) is 15.2 Å². The fourth-order valence-corrected chi connectivity index (χ4v) is 4.66. The predicted octanol–water partition coefficient (Wildman–Crippen LogP) is 2.93. The van der Waals surface area contributed by atoms with Gasteiger partial charge in [-0.15, -0.1) is 13.2 Å². The van der Waals surface area contributed by atoms with Crippen LogP contribution in [0.5, 0.6) is 5.75 Å². The van der Waals surface area contributed by atoms with Crippen molar-refractivity contribution < 1.29 is 27.6 Å². The number of piperazine rings is 1. The smallest absolute Gasteiger partial charge is 0.406 e. The number of nitrogens with one attached hydrogen (secondary N) is 1. The number of aromatic nitrogens is 1. The van der Waals surface area contributed by atoms with E-state index in [9.17, 15) is 23.3 Å². The molecule has 1 aromatic heterocycles. The Balaban J connectivity index is 1.12. The van der Waals surface area contributed by atoms with Crippen molar-refractivity contribution in [3.8, 4) is 5.75 Å². The van der Waals surface area contributed by atoms with Gasteiger partial charge in [0.1, 0.15) is 17.7 Å². The topological polar surface area (TPSA) is 109 Å². The largest absolute Gasteiger partial charge is 0.573 e. The van der Waals surface area contributed by atoms with E-state index in [0.29, 0.717) is 32.7 Å². The van der Waals surface area contributed by atoms with Gasteiger partial charge in [-0.05, 0) is 42.8 Å². The molecule has 38 heavy (non-hydrogen) atoms. The summed E-state index contributed by atoms with van der Waals surface area (Å²) >= 11 is 0. The molecule has 0 spiro atoms. The van der Waals surface area contributed by atoms with E-state index in [1.165, 1.54) is 18.2 Å². The van der Waals surface area contributed by atoms with Crippen LogP contribution in [0.25, 0.3) is 0 Å². The van der Waals surface area contributed by atoms with Crippen LogP contribution >= 0.6 is 0 Å². The molecule has 3 aliphatic heterocycles. The van der Waals surface area contributed by atoms with Crippen molar-refractivity contribution in [3.63, 3.8) is 0 Å². The highest BCUT2D eigenvalue weighted by atomic mass is 19.4. The molecule has 1 N–H and O–H groups in total. The summed E-state index contributed by atoms with van der Waals surface area (Å²) in [5, 5.41) is 14.3. The van der Waals surface area contributed by atoms with Gasteiger partial charge in [-0.1, -0.05) is 6.07 Å². The molecule has 202 valence electrons. The van der Waals surface area contributed by atoms with Crippen molar-refractivity contribution in [2.75, 3.05) is 36.0 Å². The number of nitrogens with zero attached hydrogens (tertiary/aromatic N) is 6. The van der Waals surface area contributed by atoms with Gasteiger partial charge in [-0.3, -0.25) is 20.3 Å². The van der Waals surface area contributed by atoms with Crippen molar-refractivity contribution in [2.45, 2.75) is 38.3 Å². The van der Waals surface area contributed by atoms with Crippen molar-refractivity contribution >= 4 is 17.5 Å². The molecule has 1 aromatic carbocycles. The van der Waals surface area contributed by atoms with Crippen LogP contribution in [-0.2, 0) is 11.3 Å². The number of aliphatic imine (C=N–C) groups is 1. The zero-order valence-corrected chi connectivity index (χ0v) is 20.4. The molecular weight excluding hydrogens is 507 g/mol. The van der Waals surface area contributed by atoms with E-state index in [0.717, 1.165) is 17.1 Å². The number of amidine groups is 1. The number of pyridine rings is 1. The van der Waals surface area contributed by atoms with Crippen LogP contribution in [0.3, 0.4) is 0 Å². The summed E-state index contributed by atoms with van der Waals surface area (Å²) in [6.45, 7) is 5.12. The first-order valence-electron chi connectivity index (χ1n) is 12.0. The summed E-state index contributed by atoms with van der Waals surface area (Å²) in [6.07, 6.45) is -1.29. The molecule has 2 aromatic rings. The number of fused-ring (bicyclic) bond motifs is 1. The van der Waals surface area contributed by atoms with Crippen LogP contribution in [0.4, 0.5) is 24.7 Å². The second-order valence-corrected chi connectivity index (χ2v) is 9.12. The lowest BCUT2D eigenvalue weighted by atomic mass is 10.1. The first kappa shape index (κ1) is 25.6. The Morgan fingerprint density at radius 1 is 1.21 bits per heavy atom. The van der Waals surface area contributed by atoms with E-state index >= 15 is 0 Å². The highest BCUT2D eigenvalue weighted by Crippen LogP contribution is 2.28.